The van der Waals surface area contributed by atoms with Crippen LogP contribution in [0.25, 0.3) is 0 Å². The molecule has 1 aromatic heterocycles. The molecule has 1 atom stereocenters. The highest BCUT2D eigenvalue weighted by Crippen LogP contribution is 2.12. The van der Waals surface area contributed by atoms with Crippen molar-refractivity contribution in [3.8, 4) is 0 Å². The number of oxazole rings is 1. The number of aliphatic hydroxyl groups excluding tert-OH is 1. The Morgan fingerprint density at radius 3 is 3.15 bits per heavy atom. The van der Waals surface area contributed by atoms with Crippen LogP contribution in [0.1, 0.15) is 18.0 Å². The molecule has 2 heterocycles. The van der Waals surface area contributed by atoms with Crippen molar-refractivity contribution in [1.29, 1.82) is 0 Å². The van der Waals surface area contributed by atoms with Gasteiger partial charge in [0.1, 0.15) is 6.26 Å². The standard InChI is InChI=1S/C9H14N2O2/c1-7-10-8(6-13-7)4-11-3-2-9(12)5-11/h6,9,12H,2-5H2,1H3. The van der Waals surface area contributed by atoms with Crippen LogP contribution in [0.5, 0.6) is 0 Å². The summed E-state index contributed by atoms with van der Waals surface area (Å²) in [6.07, 6.45) is 2.39. The summed E-state index contributed by atoms with van der Waals surface area (Å²) in [4.78, 5) is 6.39. The average molecular weight is 182 g/mol. The van der Waals surface area contributed by atoms with Crippen LogP contribution in [0.4, 0.5) is 0 Å². The monoisotopic (exact) mass is 182 g/mol. The SMILES string of the molecule is Cc1nc(CN2CCC(O)C2)co1. The van der Waals surface area contributed by atoms with Gasteiger partial charge in [-0.25, -0.2) is 4.98 Å². The summed E-state index contributed by atoms with van der Waals surface area (Å²) < 4.78 is 5.10. The van der Waals surface area contributed by atoms with E-state index in [9.17, 15) is 5.11 Å². The summed E-state index contributed by atoms with van der Waals surface area (Å²) in [6.45, 7) is 4.33. The van der Waals surface area contributed by atoms with Gasteiger partial charge >= 0.3 is 0 Å². The lowest BCUT2D eigenvalue weighted by atomic mass is 10.3. The lowest BCUT2D eigenvalue weighted by Gasteiger charge is -2.11. The second-order valence-electron chi connectivity index (χ2n) is 3.54. The minimum Gasteiger partial charge on any atom is -0.449 e. The normalized spacial score (nSPS) is 24.0. The molecule has 1 aromatic rings. The molecule has 2 rings (SSSR count). The lowest BCUT2D eigenvalue weighted by Crippen LogP contribution is -2.21. The van der Waals surface area contributed by atoms with E-state index in [1.807, 2.05) is 6.92 Å². The second-order valence-corrected chi connectivity index (χ2v) is 3.54. The summed E-state index contributed by atoms with van der Waals surface area (Å²) in [5, 5.41) is 9.30. The Morgan fingerprint density at radius 2 is 2.62 bits per heavy atom. The topological polar surface area (TPSA) is 49.5 Å². The zero-order valence-corrected chi connectivity index (χ0v) is 7.73. The molecular formula is C9H14N2O2. The molecule has 4 nitrogen and oxygen atoms in total. The van der Waals surface area contributed by atoms with Gasteiger partial charge < -0.3 is 9.52 Å². The smallest absolute Gasteiger partial charge is 0.191 e. The predicted molar refractivity (Wildman–Crippen MR) is 47.1 cm³/mol. The van der Waals surface area contributed by atoms with Crippen LogP contribution < -0.4 is 0 Å². The number of β-amino-alcohol motifs (C(OH)–C–C–N with tert-alkyl or cyclic N) is 1. The van der Waals surface area contributed by atoms with Crippen LogP contribution in [0, 0.1) is 6.92 Å². The van der Waals surface area contributed by atoms with Gasteiger partial charge in [-0.05, 0) is 6.42 Å². The highest BCUT2D eigenvalue weighted by molar-refractivity contribution is 4.96. The number of likely N-dealkylation sites (tertiary alicyclic amines) is 1. The molecule has 1 N–H and O–H groups in total. The van der Waals surface area contributed by atoms with E-state index in [4.69, 9.17) is 4.42 Å². The van der Waals surface area contributed by atoms with Crippen LogP contribution in [0.2, 0.25) is 0 Å². The summed E-state index contributed by atoms with van der Waals surface area (Å²) in [5.74, 6) is 0.703. The highest BCUT2D eigenvalue weighted by atomic mass is 16.3. The van der Waals surface area contributed by atoms with Gasteiger partial charge in [0.25, 0.3) is 0 Å². The van der Waals surface area contributed by atoms with Crippen LogP contribution in [0.15, 0.2) is 10.7 Å². The van der Waals surface area contributed by atoms with Gasteiger partial charge in [0.2, 0.25) is 0 Å². The van der Waals surface area contributed by atoms with Gasteiger partial charge in [0.15, 0.2) is 5.89 Å². The first kappa shape index (κ1) is 8.72. The van der Waals surface area contributed by atoms with Crippen LogP contribution >= 0.6 is 0 Å². The van der Waals surface area contributed by atoms with Gasteiger partial charge in [-0.15, -0.1) is 0 Å². The fraction of sp³-hybridized carbons (Fsp3) is 0.667. The van der Waals surface area contributed by atoms with Crippen LogP contribution in [0.3, 0.4) is 0 Å². The Balaban J connectivity index is 1.91. The van der Waals surface area contributed by atoms with Crippen molar-refractivity contribution < 1.29 is 9.52 Å². The number of hydrogen-bond acceptors (Lipinski definition) is 4. The minimum atomic E-state index is -0.159. The Bertz CT molecular complexity index is 285. The molecule has 1 fully saturated rings. The maximum Gasteiger partial charge on any atom is 0.191 e. The molecule has 0 spiro atoms. The molecule has 0 amide bonds. The van der Waals surface area contributed by atoms with E-state index in [1.165, 1.54) is 0 Å². The molecular weight excluding hydrogens is 168 g/mol. The van der Waals surface area contributed by atoms with Crippen molar-refractivity contribution in [3.05, 3.63) is 17.8 Å². The molecule has 1 unspecified atom stereocenters. The predicted octanol–water partition coefficient (Wildman–Crippen LogP) is 0.550. The summed E-state index contributed by atoms with van der Waals surface area (Å²) in [5.41, 5.74) is 0.951. The third-order valence-corrected chi connectivity index (χ3v) is 2.30. The zero-order chi connectivity index (χ0) is 9.26. The fourth-order valence-electron chi connectivity index (χ4n) is 1.67. The highest BCUT2D eigenvalue weighted by Gasteiger charge is 2.20. The Kier molecular flexibility index (Phi) is 2.33. The van der Waals surface area contributed by atoms with Gasteiger partial charge in [-0.3, -0.25) is 4.90 Å². The van der Waals surface area contributed by atoms with Gasteiger partial charge in [-0.2, -0.15) is 0 Å². The van der Waals surface area contributed by atoms with E-state index in [2.05, 4.69) is 9.88 Å². The third kappa shape index (κ3) is 2.08. The lowest BCUT2D eigenvalue weighted by molar-refractivity contribution is 0.174. The van der Waals surface area contributed by atoms with Crippen molar-refractivity contribution in [1.82, 2.24) is 9.88 Å². The number of nitrogens with zero attached hydrogens (tertiary/aromatic N) is 2. The molecule has 4 heteroatoms. The van der Waals surface area contributed by atoms with E-state index in [-0.39, 0.29) is 6.10 Å². The summed E-state index contributed by atoms with van der Waals surface area (Å²) in [6, 6.07) is 0. The van der Waals surface area contributed by atoms with Crippen molar-refractivity contribution >= 4 is 0 Å². The van der Waals surface area contributed by atoms with Crippen molar-refractivity contribution in [2.75, 3.05) is 13.1 Å². The van der Waals surface area contributed by atoms with Gasteiger partial charge in [0, 0.05) is 26.6 Å². The number of rotatable bonds is 2. The third-order valence-electron chi connectivity index (χ3n) is 2.30. The maximum atomic E-state index is 9.30. The second kappa shape index (κ2) is 3.47. The molecule has 72 valence electrons. The van der Waals surface area contributed by atoms with Gasteiger partial charge in [0.05, 0.1) is 11.8 Å². The number of aryl methyl sites for hydroxylation is 1. The molecule has 0 radical (unpaired) electrons. The number of aliphatic hydroxyl groups is 1. The molecule has 1 aliphatic rings. The van der Waals surface area contributed by atoms with Crippen molar-refractivity contribution in [2.45, 2.75) is 26.0 Å². The molecule has 0 aromatic carbocycles. The average Bonchev–Trinajstić information content (AvgIpc) is 2.62. The summed E-state index contributed by atoms with van der Waals surface area (Å²) >= 11 is 0. The van der Waals surface area contributed by atoms with E-state index in [1.54, 1.807) is 6.26 Å². The molecule has 1 aliphatic heterocycles. The minimum absolute atomic E-state index is 0.159. The quantitative estimate of drug-likeness (QED) is 0.725. The number of hydrogen-bond donors (Lipinski definition) is 1. The van der Waals surface area contributed by atoms with E-state index >= 15 is 0 Å². The largest absolute Gasteiger partial charge is 0.449 e. The first-order chi connectivity index (χ1) is 6.24. The van der Waals surface area contributed by atoms with Crippen molar-refractivity contribution in [3.63, 3.8) is 0 Å². The maximum absolute atomic E-state index is 9.30. The molecule has 0 aliphatic carbocycles. The van der Waals surface area contributed by atoms with Crippen LogP contribution in [-0.4, -0.2) is 34.2 Å². The van der Waals surface area contributed by atoms with E-state index in [0.29, 0.717) is 5.89 Å². The first-order valence-corrected chi connectivity index (χ1v) is 4.55. The molecule has 0 saturated carbocycles. The van der Waals surface area contributed by atoms with E-state index < -0.39 is 0 Å². The molecule has 1 saturated heterocycles. The summed E-state index contributed by atoms with van der Waals surface area (Å²) in [7, 11) is 0. The molecule has 13 heavy (non-hydrogen) atoms. The molecule has 0 bridgehead atoms. The Hall–Kier alpha value is -0.870. The van der Waals surface area contributed by atoms with Gasteiger partial charge in [-0.1, -0.05) is 0 Å². The first-order valence-electron chi connectivity index (χ1n) is 4.55. The Labute approximate surface area is 77.2 Å². The van der Waals surface area contributed by atoms with Crippen molar-refractivity contribution in [2.24, 2.45) is 0 Å². The zero-order valence-electron chi connectivity index (χ0n) is 7.73. The Morgan fingerprint density at radius 1 is 1.77 bits per heavy atom. The number of aromatic nitrogens is 1. The van der Waals surface area contributed by atoms with E-state index in [0.717, 1.165) is 31.7 Å². The van der Waals surface area contributed by atoms with Crippen LogP contribution in [-0.2, 0) is 6.54 Å². The fourth-order valence-corrected chi connectivity index (χ4v) is 1.67.